The maximum atomic E-state index is 3.90. The summed E-state index contributed by atoms with van der Waals surface area (Å²) in [6.45, 7) is 7.62. The van der Waals surface area contributed by atoms with Crippen LogP contribution in [0.4, 0.5) is 0 Å². The minimum absolute atomic E-state index is 1.12. The van der Waals surface area contributed by atoms with E-state index in [2.05, 4.69) is 19.9 Å². The number of allylic oxidation sites excluding steroid dienone is 2. The van der Waals surface area contributed by atoms with E-state index in [0.29, 0.717) is 0 Å². The lowest BCUT2D eigenvalue weighted by molar-refractivity contribution is 0.526. The van der Waals surface area contributed by atoms with E-state index in [4.69, 9.17) is 0 Å². The van der Waals surface area contributed by atoms with Gasteiger partial charge in [0.15, 0.2) is 0 Å². The highest BCUT2D eigenvalue weighted by Gasteiger charge is 1.94. The molecular formula is C23H44. The standard InChI is InChI=1S/C23H44/c1-3-5-7-9-11-13-15-17-19-21-23-22-20-18-16-14-12-10-8-6-4-2/h3,5H,1-2,4,6-23H2. The first-order valence-corrected chi connectivity index (χ1v) is 10.6. The first-order valence-electron chi connectivity index (χ1n) is 10.6. The molecule has 0 atom stereocenters. The molecule has 0 N–H and O–H groups in total. The summed E-state index contributed by atoms with van der Waals surface area (Å²) in [5.74, 6) is 0. The fourth-order valence-electron chi connectivity index (χ4n) is 3.21. The van der Waals surface area contributed by atoms with Gasteiger partial charge < -0.3 is 0 Å². The molecule has 0 unspecified atom stereocenters. The Labute approximate surface area is 148 Å². The molecule has 0 fully saturated rings. The quantitative estimate of drug-likeness (QED) is 0.209. The molecule has 0 aromatic carbocycles. The summed E-state index contributed by atoms with van der Waals surface area (Å²) in [6.07, 6.45) is 30.9. The largest absolute Gasteiger partial charge is 0.0885 e. The Kier molecular flexibility index (Phi) is 21.5. The third-order valence-corrected chi connectivity index (χ3v) is 4.79. The van der Waals surface area contributed by atoms with Crippen molar-refractivity contribution < 1.29 is 0 Å². The Morgan fingerprint density at radius 3 is 1.04 bits per heavy atom. The lowest BCUT2D eigenvalue weighted by Crippen LogP contribution is -1.84. The van der Waals surface area contributed by atoms with E-state index in [0.717, 1.165) is 6.42 Å². The molecule has 0 amide bonds. The number of unbranched alkanes of at least 4 members (excludes halogenated alkanes) is 18. The van der Waals surface area contributed by atoms with Crippen molar-refractivity contribution in [3.63, 3.8) is 0 Å². The van der Waals surface area contributed by atoms with Crippen molar-refractivity contribution in [3.05, 3.63) is 26.0 Å². The van der Waals surface area contributed by atoms with Crippen LogP contribution in [0.3, 0.4) is 0 Å². The molecular weight excluding hydrogens is 276 g/mol. The predicted octanol–water partition coefficient (Wildman–Crippen LogP) is 8.62. The molecule has 0 aliphatic carbocycles. The van der Waals surface area contributed by atoms with Gasteiger partial charge in [0.1, 0.15) is 0 Å². The van der Waals surface area contributed by atoms with Crippen LogP contribution in [0.5, 0.6) is 0 Å². The van der Waals surface area contributed by atoms with Crippen molar-refractivity contribution in [2.75, 3.05) is 0 Å². The van der Waals surface area contributed by atoms with Crippen molar-refractivity contribution >= 4 is 0 Å². The van der Waals surface area contributed by atoms with E-state index in [1.165, 1.54) is 116 Å². The second-order valence-electron chi connectivity index (χ2n) is 7.12. The van der Waals surface area contributed by atoms with Gasteiger partial charge in [0.25, 0.3) is 0 Å². The number of hydrogen-bond acceptors (Lipinski definition) is 0. The zero-order valence-corrected chi connectivity index (χ0v) is 16.0. The molecule has 0 aliphatic rings. The average Bonchev–Trinajstić information content (AvgIpc) is 2.57. The van der Waals surface area contributed by atoms with Crippen molar-refractivity contribution in [2.45, 2.75) is 122 Å². The van der Waals surface area contributed by atoms with Crippen LogP contribution in [0.15, 0.2) is 12.2 Å². The lowest BCUT2D eigenvalue weighted by Gasteiger charge is -2.03. The van der Waals surface area contributed by atoms with E-state index in [9.17, 15) is 0 Å². The minimum Gasteiger partial charge on any atom is -0.0885 e. The van der Waals surface area contributed by atoms with Gasteiger partial charge in [-0.25, -0.2) is 0 Å². The molecule has 0 saturated heterocycles. The summed E-state index contributed by atoms with van der Waals surface area (Å²) in [4.78, 5) is 0. The zero-order valence-electron chi connectivity index (χ0n) is 16.0. The number of hydrogen-bond donors (Lipinski definition) is 0. The van der Waals surface area contributed by atoms with Crippen LogP contribution >= 0.6 is 0 Å². The first-order chi connectivity index (χ1) is 11.4. The average molecular weight is 321 g/mol. The molecule has 0 aromatic heterocycles. The van der Waals surface area contributed by atoms with Crippen LogP contribution in [0.25, 0.3) is 0 Å². The molecule has 23 heavy (non-hydrogen) atoms. The number of rotatable bonds is 19. The Balaban J connectivity index is 2.95. The van der Waals surface area contributed by atoms with Gasteiger partial charge in [-0.15, -0.1) is 0 Å². The van der Waals surface area contributed by atoms with E-state index in [1.807, 2.05) is 6.08 Å². The van der Waals surface area contributed by atoms with E-state index in [-0.39, 0.29) is 0 Å². The maximum absolute atomic E-state index is 3.90. The van der Waals surface area contributed by atoms with E-state index >= 15 is 0 Å². The summed E-state index contributed by atoms with van der Waals surface area (Å²) in [6, 6.07) is 0. The van der Waals surface area contributed by atoms with Gasteiger partial charge in [0.2, 0.25) is 0 Å². The predicted molar refractivity (Wildman–Crippen MR) is 108 cm³/mol. The SMILES string of the molecule is [CH2]C=CCCCCCCCCCCCCCCCCCCC[CH2]. The van der Waals surface area contributed by atoms with Gasteiger partial charge in [0.05, 0.1) is 0 Å². The molecule has 2 radical (unpaired) electrons. The summed E-state index contributed by atoms with van der Waals surface area (Å²) in [5.41, 5.74) is 0. The molecule has 0 saturated carbocycles. The smallest absolute Gasteiger partial charge is 0.0316 e. The van der Waals surface area contributed by atoms with Crippen LogP contribution in [-0.4, -0.2) is 0 Å². The second kappa shape index (κ2) is 21.7. The maximum Gasteiger partial charge on any atom is -0.0316 e. The Morgan fingerprint density at radius 1 is 0.435 bits per heavy atom. The van der Waals surface area contributed by atoms with E-state index in [1.54, 1.807) is 0 Å². The minimum atomic E-state index is 1.12. The highest BCUT2D eigenvalue weighted by molar-refractivity contribution is 4.83. The second-order valence-corrected chi connectivity index (χ2v) is 7.12. The normalized spacial score (nSPS) is 11.6. The zero-order chi connectivity index (χ0) is 16.8. The van der Waals surface area contributed by atoms with Crippen molar-refractivity contribution in [1.29, 1.82) is 0 Å². The molecule has 0 aromatic rings. The molecule has 0 heteroatoms. The fraction of sp³-hybridized carbons (Fsp3) is 0.826. The van der Waals surface area contributed by atoms with Gasteiger partial charge in [-0.2, -0.15) is 0 Å². The van der Waals surface area contributed by atoms with Gasteiger partial charge in [-0.05, 0) is 19.8 Å². The van der Waals surface area contributed by atoms with Crippen LogP contribution in [-0.2, 0) is 0 Å². The van der Waals surface area contributed by atoms with Gasteiger partial charge in [-0.1, -0.05) is 128 Å². The van der Waals surface area contributed by atoms with Gasteiger partial charge >= 0.3 is 0 Å². The highest BCUT2D eigenvalue weighted by atomic mass is 14.0. The van der Waals surface area contributed by atoms with Crippen LogP contribution in [0.1, 0.15) is 122 Å². The van der Waals surface area contributed by atoms with E-state index < -0.39 is 0 Å². The van der Waals surface area contributed by atoms with Crippen molar-refractivity contribution in [2.24, 2.45) is 0 Å². The monoisotopic (exact) mass is 320 g/mol. The van der Waals surface area contributed by atoms with Crippen LogP contribution in [0, 0.1) is 13.8 Å². The molecule has 0 heterocycles. The Hall–Kier alpha value is -0.260. The van der Waals surface area contributed by atoms with Gasteiger partial charge in [0, 0.05) is 0 Å². The van der Waals surface area contributed by atoms with Crippen molar-refractivity contribution in [3.8, 4) is 0 Å². The topological polar surface area (TPSA) is 0 Å². The van der Waals surface area contributed by atoms with Crippen LogP contribution < -0.4 is 0 Å². The Morgan fingerprint density at radius 2 is 0.739 bits per heavy atom. The molecule has 0 bridgehead atoms. The lowest BCUT2D eigenvalue weighted by atomic mass is 10.0. The molecule has 136 valence electrons. The molecule has 0 spiro atoms. The fourth-order valence-corrected chi connectivity index (χ4v) is 3.21. The third-order valence-electron chi connectivity index (χ3n) is 4.79. The molecule has 0 rings (SSSR count). The Bertz CT molecular complexity index is 216. The van der Waals surface area contributed by atoms with Gasteiger partial charge in [-0.3, -0.25) is 0 Å². The highest BCUT2D eigenvalue weighted by Crippen LogP contribution is 2.14. The summed E-state index contributed by atoms with van der Waals surface area (Å²) in [5, 5.41) is 0. The molecule has 0 nitrogen and oxygen atoms in total. The molecule has 0 aliphatic heterocycles. The third kappa shape index (κ3) is 21.7. The van der Waals surface area contributed by atoms with Crippen molar-refractivity contribution in [1.82, 2.24) is 0 Å². The summed E-state index contributed by atoms with van der Waals surface area (Å²) < 4.78 is 0. The summed E-state index contributed by atoms with van der Waals surface area (Å²) >= 11 is 0. The van der Waals surface area contributed by atoms with Crippen LogP contribution in [0.2, 0.25) is 0 Å². The first kappa shape index (κ1) is 22.7. The summed E-state index contributed by atoms with van der Waals surface area (Å²) in [7, 11) is 0.